The molecule has 0 bridgehead atoms. The van der Waals surface area contributed by atoms with E-state index in [0.717, 1.165) is 12.8 Å². The van der Waals surface area contributed by atoms with Crippen LogP contribution in [0.1, 0.15) is 43.0 Å². The standard InChI is InChI=1S/C15H21NO3S/c1-4-8(2)12(15(18)19)16-14(17)11-7-10(11)13-9(3)5-6-20-13/h5-6,8,10-12H,4,7H2,1-3H3,(H,16,17)(H,18,19)/t8-,10?,11?,12-/m0/s1. The van der Waals surface area contributed by atoms with Crippen molar-refractivity contribution in [3.05, 3.63) is 21.9 Å². The van der Waals surface area contributed by atoms with Crippen LogP contribution < -0.4 is 5.32 Å². The fourth-order valence-electron chi connectivity index (χ4n) is 2.48. The summed E-state index contributed by atoms with van der Waals surface area (Å²) in [4.78, 5) is 24.7. The molecule has 110 valence electrons. The Hall–Kier alpha value is -1.36. The van der Waals surface area contributed by atoms with E-state index in [1.54, 1.807) is 11.3 Å². The number of amides is 1. The summed E-state index contributed by atoms with van der Waals surface area (Å²) in [5, 5.41) is 14.0. The number of rotatable bonds is 6. The van der Waals surface area contributed by atoms with Crippen molar-refractivity contribution in [2.75, 3.05) is 0 Å². The molecule has 4 nitrogen and oxygen atoms in total. The van der Waals surface area contributed by atoms with E-state index in [1.165, 1.54) is 10.4 Å². The molecule has 0 saturated heterocycles. The van der Waals surface area contributed by atoms with E-state index in [-0.39, 0.29) is 23.7 Å². The predicted molar refractivity (Wildman–Crippen MR) is 78.9 cm³/mol. The van der Waals surface area contributed by atoms with Crippen molar-refractivity contribution in [2.24, 2.45) is 11.8 Å². The average molecular weight is 295 g/mol. The highest BCUT2D eigenvalue weighted by Crippen LogP contribution is 2.50. The summed E-state index contributed by atoms with van der Waals surface area (Å²) in [5.41, 5.74) is 1.23. The van der Waals surface area contributed by atoms with Crippen molar-refractivity contribution in [1.29, 1.82) is 0 Å². The fourth-order valence-corrected chi connectivity index (χ4v) is 3.59. The zero-order valence-corrected chi connectivity index (χ0v) is 12.9. The molecule has 1 amide bonds. The Morgan fingerprint density at radius 2 is 2.25 bits per heavy atom. The minimum Gasteiger partial charge on any atom is -0.480 e. The van der Waals surface area contributed by atoms with Crippen molar-refractivity contribution < 1.29 is 14.7 Å². The van der Waals surface area contributed by atoms with E-state index in [9.17, 15) is 14.7 Å². The van der Waals surface area contributed by atoms with Gasteiger partial charge in [0.15, 0.2) is 0 Å². The SMILES string of the molecule is CC[C@H](C)[C@H](NC(=O)C1CC1c1sccc1C)C(=O)O. The molecule has 4 atom stereocenters. The van der Waals surface area contributed by atoms with E-state index in [4.69, 9.17) is 0 Å². The number of nitrogens with one attached hydrogen (secondary N) is 1. The second-order valence-electron chi connectivity index (χ2n) is 5.63. The molecule has 5 heteroatoms. The summed E-state index contributed by atoms with van der Waals surface area (Å²) in [6.07, 6.45) is 1.56. The van der Waals surface area contributed by atoms with Gasteiger partial charge >= 0.3 is 5.97 Å². The number of aryl methyl sites for hydroxylation is 1. The first kappa shape index (κ1) is 15.0. The summed E-state index contributed by atoms with van der Waals surface area (Å²) < 4.78 is 0. The van der Waals surface area contributed by atoms with Gasteiger partial charge in [-0.15, -0.1) is 11.3 Å². The van der Waals surface area contributed by atoms with E-state index in [0.29, 0.717) is 0 Å². The number of hydrogen-bond donors (Lipinski definition) is 2. The first-order valence-corrected chi connectivity index (χ1v) is 7.90. The Morgan fingerprint density at radius 1 is 1.55 bits per heavy atom. The third-order valence-electron chi connectivity index (χ3n) is 4.14. The lowest BCUT2D eigenvalue weighted by atomic mass is 9.99. The van der Waals surface area contributed by atoms with E-state index >= 15 is 0 Å². The molecule has 1 aliphatic rings. The van der Waals surface area contributed by atoms with Crippen LogP contribution in [0.2, 0.25) is 0 Å². The Bertz CT molecular complexity index is 511. The van der Waals surface area contributed by atoms with Crippen molar-refractivity contribution in [3.8, 4) is 0 Å². The fraction of sp³-hybridized carbons (Fsp3) is 0.600. The minimum absolute atomic E-state index is 0.0572. The minimum atomic E-state index is -0.947. The highest BCUT2D eigenvalue weighted by Gasteiger charge is 2.46. The number of thiophene rings is 1. The van der Waals surface area contributed by atoms with Gasteiger partial charge in [0.2, 0.25) is 5.91 Å². The van der Waals surface area contributed by atoms with Crippen LogP contribution in [0.4, 0.5) is 0 Å². The number of aliphatic carboxylic acids is 1. The summed E-state index contributed by atoms with van der Waals surface area (Å²) in [6.45, 7) is 5.84. The molecule has 0 radical (unpaired) electrons. The molecule has 2 unspecified atom stereocenters. The van der Waals surface area contributed by atoms with E-state index < -0.39 is 12.0 Å². The summed E-state index contributed by atoms with van der Waals surface area (Å²) in [7, 11) is 0. The van der Waals surface area contributed by atoms with Gasteiger partial charge in [-0.3, -0.25) is 4.79 Å². The van der Waals surface area contributed by atoms with Crippen LogP contribution in [-0.2, 0) is 9.59 Å². The molecule has 1 heterocycles. The smallest absolute Gasteiger partial charge is 0.326 e. The number of hydrogen-bond acceptors (Lipinski definition) is 3. The highest BCUT2D eigenvalue weighted by atomic mass is 32.1. The van der Waals surface area contributed by atoms with Gasteiger partial charge in [-0.05, 0) is 36.3 Å². The van der Waals surface area contributed by atoms with Crippen molar-refractivity contribution in [1.82, 2.24) is 5.32 Å². The van der Waals surface area contributed by atoms with Crippen LogP contribution >= 0.6 is 11.3 Å². The number of carbonyl (C=O) groups excluding carboxylic acids is 1. The van der Waals surface area contributed by atoms with Crippen LogP contribution in [0.3, 0.4) is 0 Å². The zero-order chi connectivity index (χ0) is 14.9. The molecular weight excluding hydrogens is 274 g/mol. The maximum Gasteiger partial charge on any atom is 0.326 e. The molecule has 0 aliphatic heterocycles. The van der Waals surface area contributed by atoms with Gasteiger partial charge in [0.25, 0.3) is 0 Å². The number of carbonyl (C=O) groups is 2. The number of carboxylic acids is 1. The van der Waals surface area contributed by atoms with Crippen LogP contribution in [0.5, 0.6) is 0 Å². The second-order valence-corrected chi connectivity index (χ2v) is 6.57. The maximum absolute atomic E-state index is 12.2. The Kier molecular flexibility index (Phi) is 4.48. The van der Waals surface area contributed by atoms with Crippen LogP contribution in [0, 0.1) is 18.8 Å². The maximum atomic E-state index is 12.2. The van der Waals surface area contributed by atoms with Crippen molar-refractivity contribution >= 4 is 23.2 Å². The molecule has 1 saturated carbocycles. The monoisotopic (exact) mass is 295 g/mol. The van der Waals surface area contributed by atoms with Crippen molar-refractivity contribution in [3.63, 3.8) is 0 Å². The van der Waals surface area contributed by atoms with Crippen LogP contribution in [-0.4, -0.2) is 23.0 Å². The lowest BCUT2D eigenvalue weighted by molar-refractivity contribution is -0.143. The van der Waals surface area contributed by atoms with Gasteiger partial charge in [0, 0.05) is 16.7 Å². The van der Waals surface area contributed by atoms with Gasteiger partial charge in [-0.25, -0.2) is 4.79 Å². The van der Waals surface area contributed by atoms with Gasteiger partial charge in [0.05, 0.1) is 0 Å². The van der Waals surface area contributed by atoms with Gasteiger partial charge in [0.1, 0.15) is 6.04 Å². The quantitative estimate of drug-likeness (QED) is 0.848. The lowest BCUT2D eigenvalue weighted by Crippen LogP contribution is -2.45. The first-order valence-electron chi connectivity index (χ1n) is 7.02. The number of carboxylic acid groups (broad SMARTS) is 1. The Morgan fingerprint density at radius 3 is 2.75 bits per heavy atom. The lowest BCUT2D eigenvalue weighted by Gasteiger charge is -2.20. The molecule has 0 aromatic carbocycles. The van der Waals surface area contributed by atoms with Crippen LogP contribution in [0.15, 0.2) is 11.4 Å². The summed E-state index contributed by atoms with van der Waals surface area (Å²) in [6, 6.07) is 1.28. The molecule has 1 aliphatic carbocycles. The van der Waals surface area contributed by atoms with Gasteiger partial charge < -0.3 is 10.4 Å². The average Bonchev–Trinajstić information content (AvgIpc) is 3.09. The first-order chi connectivity index (χ1) is 9.45. The van der Waals surface area contributed by atoms with Crippen molar-refractivity contribution in [2.45, 2.75) is 45.6 Å². The normalized spacial score (nSPS) is 23.9. The molecule has 20 heavy (non-hydrogen) atoms. The summed E-state index contributed by atoms with van der Waals surface area (Å²) in [5.74, 6) is -0.899. The molecule has 1 aromatic heterocycles. The molecule has 0 spiro atoms. The van der Waals surface area contributed by atoms with Gasteiger partial charge in [-0.2, -0.15) is 0 Å². The largest absolute Gasteiger partial charge is 0.480 e. The third kappa shape index (κ3) is 3.03. The third-order valence-corrected chi connectivity index (χ3v) is 5.29. The molecular formula is C15H21NO3S. The van der Waals surface area contributed by atoms with E-state index in [1.807, 2.05) is 19.2 Å². The molecule has 1 fully saturated rings. The second kappa shape index (κ2) is 5.95. The highest BCUT2D eigenvalue weighted by molar-refractivity contribution is 7.10. The predicted octanol–water partition coefficient (Wildman–Crippen LogP) is 2.78. The summed E-state index contributed by atoms with van der Waals surface area (Å²) >= 11 is 1.68. The Labute approximate surface area is 123 Å². The zero-order valence-electron chi connectivity index (χ0n) is 12.1. The van der Waals surface area contributed by atoms with Gasteiger partial charge in [-0.1, -0.05) is 20.3 Å². The van der Waals surface area contributed by atoms with E-state index in [2.05, 4.69) is 18.3 Å². The molecule has 2 rings (SSSR count). The topological polar surface area (TPSA) is 66.4 Å². The molecule has 1 aromatic rings. The van der Waals surface area contributed by atoms with Crippen LogP contribution in [0.25, 0.3) is 0 Å². The molecule has 2 N–H and O–H groups in total. The Balaban J connectivity index is 1.96.